The Labute approximate surface area is 723 Å². The van der Waals surface area contributed by atoms with Gasteiger partial charge in [-0.2, -0.15) is 0 Å². The molecule has 4 aromatic heterocycles. The number of amidine groups is 4. The van der Waals surface area contributed by atoms with E-state index in [9.17, 15) is 96.1 Å². The number of halogens is 12. The minimum Gasteiger partial charge on any atom is -1.00 e. The molecular weight excluding hydrogens is 1690 g/mol. The number of carbonyl (C=O) groups excluding carboxylic acids is 8. The molecule has 121 heavy (non-hydrogen) atoms. The first-order valence-electron chi connectivity index (χ1n) is 36.1. The summed E-state index contributed by atoms with van der Waals surface area (Å²) in [6, 6.07) is 1.56. The molecule has 3 radical (unpaired) electrons. The van der Waals surface area contributed by atoms with E-state index >= 15 is 0 Å². The van der Waals surface area contributed by atoms with Gasteiger partial charge >= 0.3 is 35.7 Å². The zero-order valence-electron chi connectivity index (χ0n) is 66.7. The van der Waals surface area contributed by atoms with Crippen molar-refractivity contribution in [2.75, 3.05) is 6.61 Å². The molecule has 4 amide bonds. The largest absolute Gasteiger partial charge is 1.00 e. The van der Waals surface area contributed by atoms with Crippen LogP contribution in [0.4, 0.5) is 57.5 Å². The average Bonchev–Trinajstić information content (AvgIpc) is 1.64. The van der Waals surface area contributed by atoms with Gasteiger partial charge in [0.05, 0.1) is 12.6 Å². The summed E-state index contributed by atoms with van der Waals surface area (Å²) in [5.41, 5.74) is -0.236. The van der Waals surface area contributed by atoms with E-state index in [0.29, 0.717) is 37.1 Å². The number of ketones is 4. The maximum absolute atomic E-state index is 14.8. The van der Waals surface area contributed by atoms with Gasteiger partial charge < -0.3 is 21.9 Å². The topological polar surface area (TPSA) is 301 Å². The number of thiazole rings is 4. The number of aliphatic imine (C=N–C) groups is 4. The number of benzene rings is 4. The van der Waals surface area contributed by atoms with Crippen LogP contribution in [0.2, 0.25) is 0 Å². The number of rotatable bonds is 16. The van der Waals surface area contributed by atoms with Crippen molar-refractivity contribution in [1.29, 1.82) is 0 Å². The first-order chi connectivity index (χ1) is 56.3. The van der Waals surface area contributed by atoms with E-state index < -0.39 is 159 Å². The van der Waals surface area contributed by atoms with Gasteiger partial charge in [0.15, 0.2) is 136 Å². The van der Waals surface area contributed by atoms with E-state index in [1.54, 1.807) is 63.1 Å². The van der Waals surface area contributed by atoms with Gasteiger partial charge in [0.2, 0.25) is 17.7 Å². The van der Waals surface area contributed by atoms with E-state index in [4.69, 9.17) is 4.74 Å². The Morgan fingerprint density at radius 3 is 1.01 bits per heavy atom. The molecule has 0 bridgehead atoms. The van der Waals surface area contributed by atoms with E-state index in [0.717, 1.165) is 48.5 Å². The predicted molar refractivity (Wildman–Crippen MR) is 418 cm³/mol. The van der Waals surface area contributed by atoms with Crippen LogP contribution in [-0.2, 0) is 38.3 Å². The van der Waals surface area contributed by atoms with Crippen LogP contribution in [-0.4, -0.2) is 137 Å². The molecule has 625 valence electrons. The summed E-state index contributed by atoms with van der Waals surface area (Å²) >= 11 is 4.89. The van der Waals surface area contributed by atoms with Crippen LogP contribution in [0.25, 0.3) is 0 Å². The number of nitrogens with one attached hydrogen (secondary N) is 2. The Balaban J connectivity index is 0.000000184. The van der Waals surface area contributed by atoms with Gasteiger partial charge in [0, 0.05) is 165 Å². The van der Waals surface area contributed by atoms with Crippen molar-refractivity contribution in [2.24, 2.45) is 37.7 Å². The Bertz CT molecular complexity index is 5370. The molecule has 0 spiro atoms. The number of ether oxygens (including phenoxy) is 1. The van der Waals surface area contributed by atoms with Gasteiger partial charge in [0.25, 0.3) is 0 Å². The molecule has 3 saturated heterocycles. The van der Waals surface area contributed by atoms with Crippen LogP contribution in [0.5, 0.6) is 0 Å². The number of aliphatic hydroxyl groups excluding tert-OH is 1. The van der Waals surface area contributed by atoms with Gasteiger partial charge in [-0.25, -0.2) is 77.4 Å². The summed E-state index contributed by atoms with van der Waals surface area (Å²) in [6.07, 6.45) is 6.02. The van der Waals surface area contributed by atoms with E-state index in [1.165, 1.54) is 113 Å². The molecule has 8 aromatic rings. The minimum absolute atomic E-state index is 0. The number of Topliss-reactive ketones (excluding diaryl/α,β-unsaturated/α-hetero) is 4. The molecule has 7 aliphatic heterocycles. The quantitative estimate of drug-likeness (QED) is 0.0460. The molecule has 0 unspecified atom stereocenters. The summed E-state index contributed by atoms with van der Waals surface area (Å²) < 4.78 is 173. The third-order valence-corrected chi connectivity index (χ3v) is 22.4. The maximum Gasteiger partial charge on any atom is 1.00 e. The van der Waals surface area contributed by atoms with Crippen LogP contribution in [0.1, 0.15) is 163 Å². The summed E-state index contributed by atoms with van der Waals surface area (Å²) in [5.74, 6) is -20.6. The number of allylic oxidation sites excluding steroid dienone is 3. The number of fused-ring (bicyclic) bond motifs is 3. The molecule has 4 aromatic carbocycles. The van der Waals surface area contributed by atoms with Crippen LogP contribution >= 0.6 is 45.3 Å². The van der Waals surface area contributed by atoms with Crippen LogP contribution in [0.3, 0.4) is 0 Å². The van der Waals surface area contributed by atoms with Crippen molar-refractivity contribution in [1.82, 2.24) is 45.3 Å². The smallest absolute Gasteiger partial charge is 1.00 e. The SMILES string of the molecule is CC(=O)C1=C(C[C@@H](CO)NC(=O)OC(C)(C)C)NC(c2nccs2)=N[C@H]1c1ccc(F)c(F)c1F.CC(=O)C1=C2C[C@H](C)C(=O)N2C(c2nccs2)=N[C@@H]1c1ccc(F)c(F)c1F.CC(=O)C1=C2C[C@H](C)C(=O)N2C(c2nccs2)=N[C@H]1c1ccc(F)c(F)c1F.CC(=O)C1=C2C[C@H](C)C(=O)N2C(c2nccs2)=N[C@H]1c1ccc(F)c(F)c1F.[B].[H-].[Na+]. The maximum atomic E-state index is 14.8. The van der Waals surface area contributed by atoms with Crippen LogP contribution in [0.15, 0.2) is 160 Å². The van der Waals surface area contributed by atoms with Gasteiger partial charge in [-0.1, -0.05) is 45.0 Å². The molecule has 11 heterocycles. The van der Waals surface area contributed by atoms with E-state index in [1.807, 2.05) is 0 Å². The van der Waals surface area contributed by atoms with Crippen LogP contribution < -0.4 is 40.2 Å². The van der Waals surface area contributed by atoms with Crippen molar-refractivity contribution < 1.29 is 132 Å². The average molecular weight is 1760 g/mol. The fourth-order valence-electron chi connectivity index (χ4n) is 14.1. The van der Waals surface area contributed by atoms with Gasteiger partial charge in [-0.15, -0.1) is 45.3 Å². The zero-order chi connectivity index (χ0) is 86.4. The molecule has 3 N–H and O–H groups in total. The molecule has 0 saturated carbocycles. The third kappa shape index (κ3) is 18.6. The Morgan fingerprint density at radius 1 is 0.471 bits per heavy atom. The van der Waals surface area contributed by atoms with Crippen molar-refractivity contribution >= 4 is 124 Å². The molecule has 23 nitrogen and oxygen atoms in total. The summed E-state index contributed by atoms with van der Waals surface area (Å²) in [4.78, 5) is 139. The second-order valence-corrected chi connectivity index (χ2v) is 32.3. The number of hydrogen-bond donors (Lipinski definition) is 3. The fraction of sp³-hybridized carbons (Fsp3) is 0.300. The Hall–Kier alpha value is -10.6. The number of alkyl carbamates (subject to hydrolysis) is 1. The number of nitrogens with zero attached hydrogens (tertiary/aromatic N) is 11. The predicted octanol–water partition coefficient (Wildman–Crippen LogP) is 11.8. The minimum atomic E-state index is -1.68. The Morgan fingerprint density at radius 2 is 0.752 bits per heavy atom. The molecule has 7 aliphatic rings. The summed E-state index contributed by atoms with van der Waals surface area (Å²) in [5, 5.41) is 23.8. The van der Waals surface area contributed by atoms with Crippen molar-refractivity contribution in [3.63, 3.8) is 0 Å². The molecule has 0 aliphatic carbocycles. The molecule has 8 atom stereocenters. The van der Waals surface area contributed by atoms with Gasteiger partial charge in [-0.3, -0.25) is 68.2 Å². The van der Waals surface area contributed by atoms with E-state index in [-0.39, 0.29) is 156 Å². The summed E-state index contributed by atoms with van der Waals surface area (Å²) in [6.45, 7) is 14.7. The summed E-state index contributed by atoms with van der Waals surface area (Å²) in [7, 11) is 0. The van der Waals surface area contributed by atoms with Gasteiger partial charge in [-0.05, 0) is 72.7 Å². The first-order valence-corrected chi connectivity index (χ1v) is 39.6. The first kappa shape index (κ1) is 92.7. The number of hydrogen-bond acceptors (Lipinski definition) is 23. The number of aliphatic hydroxyl groups is 1. The molecule has 41 heteroatoms. The molecule has 3 fully saturated rings. The van der Waals surface area contributed by atoms with Crippen LogP contribution in [0, 0.1) is 87.6 Å². The Kier molecular flexibility index (Phi) is 28.9. The monoisotopic (exact) mass is 1760 g/mol. The van der Waals surface area contributed by atoms with Crippen molar-refractivity contribution in [3.8, 4) is 0 Å². The fourth-order valence-corrected chi connectivity index (χ4v) is 16.6. The number of aromatic nitrogens is 4. The third-order valence-electron chi connectivity index (χ3n) is 19.4. The zero-order valence-corrected chi connectivity index (χ0v) is 70.9. The molecular formula is C80H68BF12N13NaO10S4. The number of amides is 4. The second kappa shape index (κ2) is 37.8. The normalized spacial score (nSPS) is 20.0. The van der Waals surface area contributed by atoms with Crippen molar-refractivity contribution in [2.45, 2.75) is 131 Å². The second-order valence-electron chi connectivity index (χ2n) is 28.7. The standard InChI is InChI=1S/C23H25F3N4O4S.3C19H14F3N3O2S.B.Na.H/c1-11(32)16-15(9-12(10-31)28-22(33)34-23(2,3)4)29-20(21-27-7-8-35-21)30-19(16)13-5-6-14(24)18(26)17(13)25;3*1-8-7-12-13(9(2)26)16(10-3-4-11(20)15(22)14(10)21)24-17(25(12)19(8)27)18-23-5-6-28-18;;;/h5-8,12,19,31H,9-10H2,1-4H3,(H,28,33)(H,29,30);3*3-6,8,16H,7H2,1-2H3;;;/q;;;;;+1;-1/t12-,19-;8-,16+;2*8-,16-;;;/m0000.../s1. The molecule has 15 rings (SSSR count). The van der Waals surface area contributed by atoms with Crippen molar-refractivity contribution in [3.05, 3.63) is 252 Å². The van der Waals surface area contributed by atoms with Gasteiger partial charge in [0.1, 0.15) is 29.8 Å². The number of carbonyl (C=O) groups is 8. The van der Waals surface area contributed by atoms with E-state index in [2.05, 4.69) is 50.5 Å².